The third-order valence-corrected chi connectivity index (χ3v) is 8.26. The van der Waals surface area contributed by atoms with Gasteiger partial charge in [0.1, 0.15) is 17.5 Å². The Bertz CT molecular complexity index is 1220. The van der Waals surface area contributed by atoms with Gasteiger partial charge in [-0.2, -0.15) is 13.6 Å². The fourth-order valence-electron chi connectivity index (χ4n) is 3.14. The number of imidazole rings is 1. The van der Waals surface area contributed by atoms with E-state index in [1.165, 1.54) is 18.0 Å². The molecule has 3 unspecified atom stereocenters. The van der Waals surface area contributed by atoms with Crippen LogP contribution in [0.5, 0.6) is 5.88 Å². The van der Waals surface area contributed by atoms with Gasteiger partial charge in [-0.15, -0.1) is 0 Å². The smallest absolute Gasteiger partial charge is 0.479 e. The molecule has 3 rings (SSSR count). The summed E-state index contributed by atoms with van der Waals surface area (Å²) in [5, 5.41) is 10.7. The zero-order valence-corrected chi connectivity index (χ0v) is 20.2. The lowest BCUT2D eigenvalue weighted by atomic mass is 9.98. The molecule has 0 saturated carbocycles. The summed E-state index contributed by atoms with van der Waals surface area (Å²) < 4.78 is 72.3. The molecule has 34 heavy (non-hydrogen) atoms. The zero-order valence-electron chi connectivity index (χ0n) is 17.5. The molecule has 0 spiro atoms. The molecule has 0 radical (unpaired) electrons. The minimum atomic E-state index is -5.75. The molecule has 2 aromatic heterocycles. The van der Waals surface area contributed by atoms with E-state index in [9.17, 15) is 33.0 Å². The normalized spacial score (nSPS) is 29.1. The lowest BCUT2D eigenvalue weighted by molar-refractivity contribution is -0.0888. The van der Waals surface area contributed by atoms with Crippen molar-refractivity contribution in [2.24, 2.45) is 0 Å². The molecule has 0 bridgehead atoms. The van der Waals surface area contributed by atoms with Gasteiger partial charge in [-0.25, -0.2) is 28.1 Å². The first-order valence-corrected chi connectivity index (χ1v) is 13.5. The van der Waals surface area contributed by atoms with Crippen LogP contribution in [0, 0.1) is 6.92 Å². The van der Waals surface area contributed by atoms with Crippen LogP contribution in [0.25, 0.3) is 11.2 Å². The molecule has 1 saturated heterocycles. The van der Waals surface area contributed by atoms with Crippen molar-refractivity contribution in [2.45, 2.75) is 38.0 Å². The van der Waals surface area contributed by atoms with E-state index in [1.54, 1.807) is 6.92 Å². The van der Waals surface area contributed by atoms with Crippen molar-refractivity contribution in [2.75, 3.05) is 13.7 Å². The van der Waals surface area contributed by atoms with Gasteiger partial charge in [-0.3, -0.25) is 9.09 Å². The van der Waals surface area contributed by atoms with E-state index < -0.39 is 54.2 Å². The van der Waals surface area contributed by atoms with Crippen molar-refractivity contribution in [3.05, 3.63) is 12.2 Å². The predicted molar refractivity (Wildman–Crippen MR) is 106 cm³/mol. The SMILES string of the molecule is COc1nc(C)nc2c1ncn2C1O[C@H](COP(=O)(O)OP(=O)(O)OP(=O)(O)O)[C@@H](F)[C@@]1(C)O. The number of aryl methyl sites for hydroxylation is 1. The van der Waals surface area contributed by atoms with E-state index in [0.717, 1.165) is 6.92 Å². The van der Waals surface area contributed by atoms with Gasteiger partial charge in [0.05, 0.1) is 20.0 Å². The molecule has 5 N–H and O–H groups in total. The Morgan fingerprint density at radius 2 is 1.82 bits per heavy atom. The largest absolute Gasteiger partial charge is 0.490 e. The fraction of sp³-hybridized carbons (Fsp3) is 0.615. The van der Waals surface area contributed by atoms with Gasteiger partial charge in [0, 0.05) is 0 Å². The molecule has 192 valence electrons. The number of aliphatic hydroxyl groups is 1. The summed E-state index contributed by atoms with van der Waals surface area (Å²) in [5.74, 6) is 0.379. The average molecular weight is 552 g/mol. The molecule has 1 aliphatic rings. The molecular formula is C13H20FN4O13P3. The molecule has 3 heterocycles. The molecule has 6 atom stereocenters. The first kappa shape index (κ1) is 27.2. The molecule has 17 nitrogen and oxygen atoms in total. The zero-order chi connectivity index (χ0) is 25.7. The van der Waals surface area contributed by atoms with Gasteiger partial charge in [0.2, 0.25) is 5.88 Å². The fourth-order valence-corrected chi connectivity index (χ4v) is 6.16. The van der Waals surface area contributed by atoms with Crippen LogP contribution in [-0.2, 0) is 31.6 Å². The highest BCUT2D eigenvalue weighted by atomic mass is 31.3. The van der Waals surface area contributed by atoms with Gasteiger partial charge in [0.15, 0.2) is 23.6 Å². The lowest BCUT2D eigenvalue weighted by Gasteiger charge is -2.26. The maximum atomic E-state index is 15.0. The first-order valence-electron chi connectivity index (χ1n) is 9.01. The number of phosphoric ester groups is 1. The molecule has 0 aliphatic carbocycles. The van der Waals surface area contributed by atoms with E-state index >= 15 is 0 Å². The number of nitrogens with zero attached hydrogens (tertiary/aromatic N) is 4. The third kappa shape index (κ3) is 5.87. The van der Waals surface area contributed by atoms with Gasteiger partial charge in [0.25, 0.3) is 0 Å². The highest BCUT2D eigenvalue weighted by molar-refractivity contribution is 7.66. The molecule has 1 fully saturated rings. The summed E-state index contributed by atoms with van der Waals surface area (Å²) >= 11 is 0. The second-order valence-electron chi connectivity index (χ2n) is 7.15. The number of ether oxygens (including phenoxy) is 2. The highest BCUT2D eigenvalue weighted by Crippen LogP contribution is 2.66. The summed E-state index contributed by atoms with van der Waals surface area (Å²) in [7, 11) is -15.5. The van der Waals surface area contributed by atoms with Crippen molar-refractivity contribution >= 4 is 34.6 Å². The molecule has 0 amide bonds. The number of fused-ring (bicyclic) bond motifs is 1. The number of phosphoric acid groups is 3. The maximum Gasteiger partial charge on any atom is 0.490 e. The van der Waals surface area contributed by atoms with Gasteiger partial charge >= 0.3 is 23.5 Å². The van der Waals surface area contributed by atoms with Crippen LogP contribution in [0.1, 0.15) is 19.0 Å². The average Bonchev–Trinajstić information content (AvgIpc) is 3.15. The lowest BCUT2D eigenvalue weighted by Crippen LogP contribution is -2.41. The number of alkyl halides is 1. The highest BCUT2D eigenvalue weighted by Gasteiger charge is 2.55. The Kier molecular flexibility index (Phi) is 7.39. The second kappa shape index (κ2) is 9.24. The van der Waals surface area contributed by atoms with E-state index in [4.69, 9.17) is 19.3 Å². The Morgan fingerprint density at radius 1 is 1.18 bits per heavy atom. The maximum absolute atomic E-state index is 15.0. The van der Waals surface area contributed by atoms with Crippen LogP contribution in [0.4, 0.5) is 4.39 Å². The van der Waals surface area contributed by atoms with E-state index in [1.807, 2.05) is 0 Å². The number of hydrogen-bond donors (Lipinski definition) is 5. The monoisotopic (exact) mass is 552 g/mol. The van der Waals surface area contributed by atoms with Crippen LogP contribution in [0.2, 0.25) is 0 Å². The molecule has 2 aromatic rings. The summed E-state index contributed by atoms with van der Waals surface area (Å²) in [6, 6.07) is 0. The molecule has 21 heteroatoms. The molecule has 1 aliphatic heterocycles. The molecule has 0 aromatic carbocycles. The van der Waals surface area contributed by atoms with Crippen LogP contribution in [0.15, 0.2) is 6.33 Å². The minimum Gasteiger partial charge on any atom is -0.479 e. The second-order valence-corrected chi connectivity index (χ2v) is 11.6. The van der Waals surface area contributed by atoms with Crippen molar-refractivity contribution in [3.63, 3.8) is 0 Å². The number of aromatic nitrogens is 4. The van der Waals surface area contributed by atoms with Gasteiger partial charge in [-0.05, 0) is 13.8 Å². The van der Waals surface area contributed by atoms with Crippen molar-refractivity contribution in [1.29, 1.82) is 0 Å². The van der Waals surface area contributed by atoms with Gasteiger partial charge in [-0.1, -0.05) is 0 Å². The van der Waals surface area contributed by atoms with Crippen molar-refractivity contribution < 1.29 is 65.4 Å². The minimum absolute atomic E-state index is 0.111. The standard InChI is InChI=1S/C13H20FN4O13P3/c1-6-16-10-8(11(17-6)27-3)15-5-18(10)12-13(2,19)9(14)7(29-12)4-28-33(23,24)31-34(25,26)30-32(20,21)22/h5,7,9,12,19H,4H2,1-3H3,(H,23,24)(H,25,26)(H2,20,21,22)/t7-,9-,12?,13-/m1/s1. The van der Waals surface area contributed by atoms with Gasteiger partial charge < -0.3 is 34.2 Å². The number of hydrogen-bond acceptors (Lipinski definition) is 12. The Morgan fingerprint density at radius 3 is 2.41 bits per heavy atom. The number of rotatable bonds is 9. The van der Waals surface area contributed by atoms with Crippen LogP contribution < -0.4 is 4.74 Å². The van der Waals surface area contributed by atoms with Crippen LogP contribution in [0.3, 0.4) is 0 Å². The quantitative estimate of drug-likeness (QED) is 0.266. The van der Waals surface area contributed by atoms with E-state index in [0.29, 0.717) is 0 Å². The first-order chi connectivity index (χ1) is 15.5. The summed E-state index contributed by atoms with van der Waals surface area (Å²) in [4.78, 5) is 48.1. The predicted octanol–water partition coefficient (Wildman–Crippen LogP) is 0.473. The summed E-state index contributed by atoms with van der Waals surface area (Å²) in [6.45, 7) is 1.53. The van der Waals surface area contributed by atoms with E-state index in [-0.39, 0.29) is 22.9 Å². The topological polar surface area (TPSA) is 242 Å². The van der Waals surface area contributed by atoms with Crippen molar-refractivity contribution in [1.82, 2.24) is 19.5 Å². The van der Waals surface area contributed by atoms with Crippen LogP contribution >= 0.6 is 23.5 Å². The Balaban J connectivity index is 1.79. The van der Waals surface area contributed by atoms with Crippen molar-refractivity contribution in [3.8, 4) is 5.88 Å². The number of methoxy groups -OCH3 is 1. The summed E-state index contributed by atoms with van der Waals surface area (Å²) in [5.41, 5.74) is -1.95. The Hall–Kier alpha value is -1.39. The third-order valence-electron chi connectivity index (χ3n) is 4.45. The van der Waals surface area contributed by atoms with Crippen LogP contribution in [-0.4, -0.2) is 75.8 Å². The number of halogens is 1. The van der Waals surface area contributed by atoms with E-state index in [2.05, 4.69) is 28.1 Å². The summed E-state index contributed by atoms with van der Waals surface area (Å²) in [6.07, 6.45) is -4.24. The molecular weight excluding hydrogens is 532 g/mol. The Labute approximate surface area is 189 Å².